The second kappa shape index (κ2) is 5.92. The molecule has 3 rings (SSSR count). The van der Waals surface area contributed by atoms with Crippen molar-refractivity contribution in [2.75, 3.05) is 13.1 Å². The van der Waals surface area contributed by atoms with Gasteiger partial charge in [0, 0.05) is 0 Å². The zero-order chi connectivity index (χ0) is 10.3. The van der Waals surface area contributed by atoms with Gasteiger partial charge in [0.15, 0.2) is 0 Å². The van der Waals surface area contributed by atoms with E-state index in [0.29, 0.717) is 0 Å². The summed E-state index contributed by atoms with van der Waals surface area (Å²) in [6, 6.07) is 0. The molecule has 0 unspecified atom stereocenters. The van der Waals surface area contributed by atoms with Gasteiger partial charge in [0.1, 0.15) is 0 Å². The van der Waals surface area contributed by atoms with Gasteiger partial charge in [-0.2, -0.15) is 0 Å². The van der Waals surface area contributed by atoms with Crippen LogP contribution >= 0.6 is 0 Å². The highest BCUT2D eigenvalue weighted by atomic mass is 14.9. The first-order valence-electron chi connectivity index (χ1n) is 6.22. The first kappa shape index (κ1) is 10.7. The number of allylic oxidation sites excluding steroid dienone is 6. The summed E-state index contributed by atoms with van der Waals surface area (Å²) in [7, 11) is 0. The Morgan fingerprint density at radius 1 is 0.933 bits per heavy atom. The molecule has 1 saturated carbocycles. The molecule has 0 aromatic carbocycles. The Kier molecular flexibility index (Phi) is 4.22. The van der Waals surface area contributed by atoms with E-state index in [1.165, 1.54) is 45.2 Å². The van der Waals surface area contributed by atoms with E-state index in [0.717, 1.165) is 6.42 Å². The molecule has 1 aliphatic heterocycles. The van der Waals surface area contributed by atoms with Crippen LogP contribution in [0.3, 0.4) is 0 Å². The van der Waals surface area contributed by atoms with Gasteiger partial charge in [0.25, 0.3) is 0 Å². The Labute approximate surface area is 93.0 Å². The Hall–Kier alpha value is -0.820. The van der Waals surface area contributed by atoms with Crippen molar-refractivity contribution in [3.05, 3.63) is 35.5 Å². The van der Waals surface area contributed by atoms with Crippen LogP contribution in [-0.4, -0.2) is 13.1 Å². The highest BCUT2D eigenvalue weighted by molar-refractivity contribution is 5.39. The summed E-state index contributed by atoms with van der Waals surface area (Å²) >= 11 is 0. The maximum atomic E-state index is 3.22. The van der Waals surface area contributed by atoms with Gasteiger partial charge in [0.05, 0.1) is 0 Å². The summed E-state index contributed by atoms with van der Waals surface area (Å²) in [5, 5.41) is 3.22. The van der Waals surface area contributed by atoms with Crippen LogP contribution in [-0.2, 0) is 0 Å². The molecule has 0 amide bonds. The third-order valence-electron chi connectivity index (χ3n) is 3.20. The lowest BCUT2D eigenvalue weighted by atomic mass is 10.1. The highest BCUT2D eigenvalue weighted by Gasteiger charge is 2.12. The van der Waals surface area contributed by atoms with Crippen LogP contribution in [0.1, 0.15) is 38.5 Å². The molecule has 0 bridgehead atoms. The van der Waals surface area contributed by atoms with Crippen molar-refractivity contribution in [3.8, 4) is 0 Å². The van der Waals surface area contributed by atoms with Crippen molar-refractivity contribution in [1.29, 1.82) is 0 Å². The third-order valence-corrected chi connectivity index (χ3v) is 3.20. The van der Waals surface area contributed by atoms with Crippen molar-refractivity contribution in [3.63, 3.8) is 0 Å². The molecule has 1 saturated heterocycles. The van der Waals surface area contributed by atoms with E-state index in [2.05, 4.69) is 29.6 Å². The number of fused-ring (bicyclic) bond motifs is 1. The predicted octanol–water partition coefficient (Wildman–Crippen LogP) is 3.35. The van der Waals surface area contributed by atoms with Crippen molar-refractivity contribution in [1.82, 2.24) is 5.32 Å². The molecule has 0 aromatic heterocycles. The van der Waals surface area contributed by atoms with Gasteiger partial charge in [-0.05, 0) is 62.8 Å². The molecule has 15 heavy (non-hydrogen) atoms. The first-order valence-corrected chi connectivity index (χ1v) is 6.22. The van der Waals surface area contributed by atoms with Gasteiger partial charge < -0.3 is 5.32 Å². The Morgan fingerprint density at radius 2 is 1.73 bits per heavy atom. The fourth-order valence-electron chi connectivity index (χ4n) is 2.31. The van der Waals surface area contributed by atoms with Crippen LogP contribution in [0.5, 0.6) is 0 Å². The number of hydrogen-bond donors (Lipinski definition) is 1. The molecule has 1 heterocycles. The minimum absolute atomic E-state index is 1.13. The number of hydrogen-bond acceptors (Lipinski definition) is 1. The average molecular weight is 203 g/mol. The fraction of sp³-hybridized carbons (Fsp3) is 0.571. The highest BCUT2D eigenvalue weighted by Crippen LogP contribution is 2.31. The van der Waals surface area contributed by atoms with E-state index in [4.69, 9.17) is 0 Å². The van der Waals surface area contributed by atoms with Gasteiger partial charge in [-0.3, -0.25) is 0 Å². The second-order valence-corrected chi connectivity index (χ2v) is 4.40. The van der Waals surface area contributed by atoms with E-state index in [-0.39, 0.29) is 0 Å². The molecular weight excluding hydrogens is 182 g/mol. The van der Waals surface area contributed by atoms with Crippen LogP contribution in [0, 0.1) is 0 Å². The normalized spacial score (nSPS) is 23.5. The van der Waals surface area contributed by atoms with Crippen LogP contribution < -0.4 is 5.32 Å². The summed E-state index contributed by atoms with van der Waals surface area (Å²) in [6.07, 6.45) is 16.9. The molecule has 0 spiro atoms. The lowest BCUT2D eigenvalue weighted by Crippen LogP contribution is -2.03. The second-order valence-electron chi connectivity index (χ2n) is 4.40. The maximum absolute atomic E-state index is 3.22. The zero-order valence-electron chi connectivity index (χ0n) is 9.47. The fourth-order valence-corrected chi connectivity index (χ4v) is 2.31. The van der Waals surface area contributed by atoms with E-state index in [1.54, 1.807) is 11.1 Å². The molecule has 82 valence electrons. The maximum Gasteiger partial charge on any atom is -0.00484 e. The van der Waals surface area contributed by atoms with Crippen LogP contribution in [0.2, 0.25) is 0 Å². The Morgan fingerprint density at radius 3 is 2.47 bits per heavy atom. The number of nitrogens with one attached hydrogen (secondary N) is 1. The summed E-state index contributed by atoms with van der Waals surface area (Å²) in [5.41, 5.74) is 3.18. The minimum Gasteiger partial charge on any atom is -0.317 e. The average Bonchev–Trinajstić information content (AvgIpc) is 2.90. The van der Waals surface area contributed by atoms with Gasteiger partial charge in [-0.1, -0.05) is 24.3 Å². The molecular formula is C14H21N. The van der Waals surface area contributed by atoms with E-state index in [9.17, 15) is 0 Å². The quantitative estimate of drug-likeness (QED) is 0.636. The zero-order valence-corrected chi connectivity index (χ0v) is 9.47. The molecule has 0 radical (unpaired) electrons. The van der Waals surface area contributed by atoms with Gasteiger partial charge in [-0.25, -0.2) is 0 Å². The monoisotopic (exact) mass is 203 g/mol. The summed E-state index contributed by atoms with van der Waals surface area (Å²) < 4.78 is 0. The van der Waals surface area contributed by atoms with E-state index >= 15 is 0 Å². The minimum atomic E-state index is 1.13. The lowest BCUT2D eigenvalue weighted by molar-refractivity contribution is 0.857. The number of rotatable bonds is 0. The molecule has 1 N–H and O–H groups in total. The Balaban J connectivity index is 0.000000144. The van der Waals surface area contributed by atoms with Gasteiger partial charge in [-0.15, -0.1) is 0 Å². The molecule has 1 nitrogen and oxygen atoms in total. The standard InChI is InChI=1S/C10H12.C4H9N/c1-2-5-9-7-4-8-10(9)6-3-1;1-2-4-5-3-1/h1-2,5-6H,3-4,7-8H2;5H,1-4H2. The van der Waals surface area contributed by atoms with E-state index < -0.39 is 0 Å². The summed E-state index contributed by atoms with van der Waals surface area (Å²) in [4.78, 5) is 0. The summed E-state index contributed by atoms with van der Waals surface area (Å²) in [5.74, 6) is 0. The van der Waals surface area contributed by atoms with Gasteiger partial charge in [0.2, 0.25) is 0 Å². The summed E-state index contributed by atoms with van der Waals surface area (Å²) in [6.45, 7) is 2.50. The molecule has 2 aliphatic carbocycles. The topological polar surface area (TPSA) is 12.0 Å². The lowest BCUT2D eigenvalue weighted by Gasteiger charge is -1.94. The third kappa shape index (κ3) is 3.35. The predicted molar refractivity (Wildman–Crippen MR) is 65.9 cm³/mol. The smallest absolute Gasteiger partial charge is 0.00484 e. The van der Waals surface area contributed by atoms with Crippen molar-refractivity contribution < 1.29 is 0 Å². The molecule has 0 aromatic rings. The van der Waals surface area contributed by atoms with Crippen LogP contribution in [0.25, 0.3) is 0 Å². The van der Waals surface area contributed by atoms with Gasteiger partial charge >= 0.3 is 0 Å². The molecule has 1 heteroatoms. The molecule has 3 aliphatic rings. The van der Waals surface area contributed by atoms with Crippen LogP contribution in [0.4, 0.5) is 0 Å². The van der Waals surface area contributed by atoms with Crippen molar-refractivity contribution in [2.24, 2.45) is 0 Å². The SMILES string of the molecule is C1=CCC=C2CCCC2=C1.C1CCNC1. The first-order chi connectivity index (χ1) is 7.47. The van der Waals surface area contributed by atoms with Crippen molar-refractivity contribution >= 4 is 0 Å². The molecule has 0 atom stereocenters. The van der Waals surface area contributed by atoms with Crippen molar-refractivity contribution in [2.45, 2.75) is 38.5 Å². The van der Waals surface area contributed by atoms with Crippen LogP contribution in [0.15, 0.2) is 35.5 Å². The Bertz CT molecular complexity index is 272. The molecule has 2 fully saturated rings. The van der Waals surface area contributed by atoms with E-state index in [1.807, 2.05) is 0 Å². The largest absolute Gasteiger partial charge is 0.317 e.